The third kappa shape index (κ3) is 4.94. The highest BCUT2D eigenvalue weighted by atomic mass is 35.5. The number of unbranched alkanes of at least 4 members (excludes halogenated alkanes) is 3. The number of halogens is 1. The van der Waals surface area contributed by atoms with Crippen LogP contribution in [0.1, 0.15) is 31.2 Å². The zero-order chi connectivity index (χ0) is 9.36. The Morgan fingerprint density at radius 2 is 1.77 bits per heavy atom. The topological polar surface area (TPSA) is 0 Å². The van der Waals surface area contributed by atoms with Crippen LogP contribution in [-0.4, -0.2) is 0 Å². The van der Waals surface area contributed by atoms with Crippen LogP contribution in [0.2, 0.25) is 0 Å². The van der Waals surface area contributed by atoms with Crippen molar-refractivity contribution in [2.45, 2.75) is 32.1 Å². The van der Waals surface area contributed by atoms with Gasteiger partial charge in [0.1, 0.15) is 0 Å². The van der Waals surface area contributed by atoms with Gasteiger partial charge in [-0.1, -0.05) is 43.2 Å². The molecular weight excluding hydrogens is 180 g/mol. The molecular formula is C12H16Cl. The lowest BCUT2D eigenvalue weighted by Crippen LogP contribution is -1.84. The van der Waals surface area contributed by atoms with Crippen LogP contribution in [-0.2, 0) is 6.42 Å². The van der Waals surface area contributed by atoms with Crippen LogP contribution in [0, 0.1) is 5.88 Å². The molecule has 0 nitrogen and oxygen atoms in total. The van der Waals surface area contributed by atoms with Crippen LogP contribution in [0.25, 0.3) is 0 Å². The predicted molar refractivity (Wildman–Crippen MR) is 58.8 cm³/mol. The van der Waals surface area contributed by atoms with Crippen molar-refractivity contribution in [3.8, 4) is 0 Å². The second-order valence-electron chi connectivity index (χ2n) is 3.24. The average molecular weight is 196 g/mol. The molecule has 1 aromatic rings. The van der Waals surface area contributed by atoms with E-state index in [4.69, 9.17) is 11.6 Å². The number of hydrogen-bond acceptors (Lipinski definition) is 0. The highest BCUT2D eigenvalue weighted by Gasteiger charge is 1.92. The third-order valence-corrected chi connectivity index (χ3v) is 2.34. The van der Waals surface area contributed by atoms with Crippen molar-refractivity contribution in [1.29, 1.82) is 0 Å². The molecule has 0 heterocycles. The lowest BCUT2D eigenvalue weighted by atomic mass is 10.1. The summed E-state index contributed by atoms with van der Waals surface area (Å²) in [7, 11) is 0. The fraction of sp³-hybridized carbons (Fsp3) is 0.417. The van der Waals surface area contributed by atoms with Gasteiger partial charge in [0.2, 0.25) is 0 Å². The van der Waals surface area contributed by atoms with Crippen LogP contribution in [0.5, 0.6) is 0 Å². The Morgan fingerprint density at radius 3 is 2.46 bits per heavy atom. The molecule has 0 bridgehead atoms. The van der Waals surface area contributed by atoms with E-state index >= 15 is 0 Å². The first-order valence-corrected chi connectivity index (χ1v) is 5.33. The Hall–Kier alpha value is -0.490. The van der Waals surface area contributed by atoms with Crippen molar-refractivity contribution in [3.05, 3.63) is 41.8 Å². The molecule has 0 aliphatic rings. The minimum atomic E-state index is 1.04. The Morgan fingerprint density at radius 1 is 1.00 bits per heavy atom. The average Bonchev–Trinajstić information content (AvgIpc) is 2.19. The van der Waals surface area contributed by atoms with Gasteiger partial charge in [-0.05, 0) is 24.8 Å². The maximum Gasteiger partial charge on any atom is 0.0499 e. The van der Waals surface area contributed by atoms with Gasteiger partial charge in [0.05, 0.1) is 0 Å². The van der Waals surface area contributed by atoms with Crippen LogP contribution < -0.4 is 0 Å². The fourth-order valence-corrected chi connectivity index (χ4v) is 1.53. The molecule has 13 heavy (non-hydrogen) atoms. The Balaban J connectivity index is 2.07. The van der Waals surface area contributed by atoms with E-state index in [0.29, 0.717) is 0 Å². The minimum absolute atomic E-state index is 1.04. The normalized spacial score (nSPS) is 10.2. The monoisotopic (exact) mass is 195 g/mol. The number of benzene rings is 1. The van der Waals surface area contributed by atoms with Gasteiger partial charge in [-0.25, -0.2) is 0 Å². The highest BCUT2D eigenvalue weighted by molar-refractivity contribution is 6.23. The molecule has 0 spiro atoms. The SMILES string of the molecule is Cl[CH]CCCCCc1ccccc1. The molecule has 1 aromatic carbocycles. The van der Waals surface area contributed by atoms with Gasteiger partial charge in [0.25, 0.3) is 0 Å². The van der Waals surface area contributed by atoms with Gasteiger partial charge in [0.15, 0.2) is 0 Å². The molecule has 0 unspecified atom stereocenters. The zero-order valence-electron chi connectivity index (χ0n) is 7.88. The minimum Gasteiger partial charge on any atom is -0.121 e. The van der Waals surface area contributed by atoms with Crippen molar-refractivity contribution >= 4 is 11.6 Å². The Kier molecular flexibility index (Phi) is 5.67. The first-order chi connectivity index (χ1) is 6.43. The molecule has 0 amide bonds. The lowest BCUT2D eigenvalue weighted by Gasteiger charge is -2.00. The maximum absolute atomic E-state index is 5.47. The summed E-state index contributed by atoms with van der Waals surface area (Å²) in [5.41, 5.74) is 1.44. The lowest BCUT2D eigenvalue weighted by molar-refractivity contribution is 0.682. The quantitative estimate of drug-likeness (QED) is 0.598. The van der Waals surface area contributed by atoms with E-state index in [2.05, 4.69) is 30.3 Å². The van der Waals surface area contributed by atoms with Crippen LogP contribution in [0.3, 0.4) is 0 Å². The standard InChI is InChI=1S/C12H16Cl/c13-11-7-2-1-4-8-12-9-5-3-6-10-12/h3,5-6,9-11H,1-2,4,7-8H2. The van der Waals surface area contributed by atoms with Gasteiger partial charge >= 0.3 is 0 Å². The second kappa shape index (κ2) is 6.97. The molecule has 0 aliphatic carbocycles. The van der Waals surface area contributed by atoms with E-state index in [1.807, 2.05) is 0 Å². The van der Waals surface area contributed by atoms with Crippen molar-refractivity contribution in [2.75, 3.05) is 0 Å². The largest absolute Gasteiger partial charge is 0.121 e. The van der Waals surface area contributed by atoms with Gasteiger partial charge in [0, 0.05) is 5.88 Å². The van der Waals surface area contributed by atoms with E-state index in [1.54, 1.807) is 5.88 Å². The molecule has 1 rings (SSSR count). The van der Waals surface area contributed by atoms with Gasteiger partial charge in [-0.15, -0.1) is 11.6 Å². The Bertz CT molecular complexity index is 206. The molecule has 0 aliphatic heterocycles. The second-order valence-corrected chi connectivity index (χ2v) is 3.55. The first kappa shape index (κ1) is 10.6. The predicted octanol–water partition coefficient (Wildman–Crippen LogP) is 4.19. The van der Waals surface area contributed by atoms with E-state index < -0.39 is 0 Å². The molecule has 0 N–H and O–H groups in total. The summed E-state index contributed by atoms with van der Waals surface area (Å²) in [6, 6.07) is 10.6. The van der Waals surface area contributed by atoms with Crippen molar-refractivity contribution in [2.24, 2.45) is 0 Å². The maximum atomic E-state index is 5.47. The van der Waals surface area contributed by atoms with Crippen LogP contribution in [0.4, 0.5) is 0 Å². The zero-order valence-corrected chi connectivity index (χ0v) is 8.63. The third-order valence-electron chi connectivity index (χ3n) is 2.12. The van der Waals surface area contributed by atoms with E-state index in [9.17, 15) is 0 Å². The smallest absolute Gasteiger partial charge is 0.0499 e. The highest BCUT2D eigenvalue weighted by Crippen LogP contribution is 2.08. The summed E-state index contributed by atoms with van der Waals surface area (Å²) in [5.74, 6) is 1.72. The number of hydrogen-bond donors (Lipinski definition) is 0. The summed E-state index contributed by atoms with van der Waals surface area (Å²) < 4.78 is 0. The fourth-order valence-electron chi connectivity index (χ4n) is 1.37. The number of aryl methyl sites for hydroxylation is 1. The Labute approximate surface area is 85.9 Å². The van der Waals surface area contributed by atoms with Gasteiger partial charge < -0.3 is 0 Å². The molecule has 0 atom stereocenters. The van der Waals surface area contributed by atoms with Gasteiger partial charge in [-0.3, -0.25) is 0 Å². The molecule has 1 heteroatoms. The van der Waals surface area contributed by atoms with Crippen molar-refractivity contribution in [1.82, 2.24) is 0 Å². The molecule has 0 saturated carbocycles. The molecule has 0 aromatic heterocycles. The summed E-state index contributed by atoms with van der Waals surface area (Å²) in [4.78, 5) is 0. The van der Waals surface area contributed by atoms with Gasteiger partial charge in [-0.2, -0.15) is 0 Å². The molecule has 0 saturated heterocycles. The van der Waals surface area contributed by atoms with Crippen LogP contribution in [0.15, 0.2) is 30.3 Å². The van der Waals surface area contributed by atoms with Crippen molar-refractivity contribution < 1.29 is 0 Å². The van der Waals surface area contributed by atoms with E-state index in [0.717, 1.165) is 6.42 Å². The summed E-state index contributed by atoms with van der Waals surface area (Å²) in [6.07, 6.45) is 6.00. The first-order valence-electron chi connectivity index (χ1n) is 4.89. The molecule has 0 fully saturated rings. The summed E-state index contributed by atoms with van der Waals surface area (Å²) in [5, 5.41) is 0. The molecule has 1 radical (unpaired) electrons. The van der Waals surface area contributed by atoms with Crippen LogP contribution >= 0.6 is 11.6 Å². The van der Waals surface area contributed by atoms with E-state index in [-0.39, 0.29) is 0 Å². The van der Waals surface area contributed by atoms with Crippen molar-refractivity contribution in [3.63, 3.8) is 0 Å². The summed E-state index contributed by atoms with van der Waals surface area (Å²) >= 11 is 5.47. The summed E-state index contributed by atoms with van der Waals surface area (Å²) in [6.45, 7) is 0. The van der Waals surface area contributed by atoms with E-state index in [1.165, 1.54) is 31.2 Å². The number of rotatable bonds is 6. The molecule has 71 valence electrons.